The summed E-state index contributed by atoms with van der Waals surface area (Å²) in [5.74, 6) is -0.238. The molecule has 0 bridgehead atoms. The molecule has 0 aliphatic heterocycles. The normalized spacial score (nSPS) is 14.2. The van der Waals surface area contributed by atoms with Crippen LogP contribution in [0.5, 0.6) is 0 Å². The first-order valence-corrected chi connectivity index (χ1v) is 6.56. The molecule has 0 aliphatic rings. The van der Waals surface area contributed by atoms with Gasteiger partial charge in [0.05, 0.1) is 0 Å². The monoisotopic (exact) mass is 307 g/mol. The van der Waals surface area contributed by atoms with Crippen molar-refractivity contribution in [2.45, 2.75) is 18.9 Å². The predicted molar refractivity (Wildman–Crippen MR) is 75.8 cm³/mol. The fraction of sp³-hybridized carbons (Fsp3) is 0.200. The lowest BCUT2D eigenvalue weighted by molar-refractivity contribution is 0.490. The maximum atomic E-state index is 12.9. The second-order valence-electron chi connectivity index (χ2n) is 4.73. The molecular weight excluding hydrogens is 293 g/mol. The van der Waals surface area contributed by atoms with Gasteiger partial charge in [-0.05, 0) is 48.7 Å². The number of halogens is 2. The highest BCUT2D eigenvalue weighted by Crippen LogP contribution is 2.23. The molecule has 0 saturated heterocycles. The fourth-order valence-corrected chi connectivity index (χ4v) is 2.22. The summed E-state index contributed by atoms with van der Waals surface area (Å²) in [4.78, 5) is 0. The van der Waals surface area contributed by atoms with Crippen LogP contribution >= 0.6 is 15.9 Å². The Morgan fingerprint density at radius 1 is 1.06 bits per heavy atom. The van der Waals surface area contributed by atoms with Crippen LogP contribution in [0.25, 0.3) is 0 Å². The van der Waals surface area contributed by atoms with Crippen LogP contribution in [0.15, 0.2) is 53.0 Å². The Morgan fingerprint density at radius 3 is 2.17 bits per heavy atom. The van der Waals surface area contributed by atoms with Gasteiger partial charge in [0.2, 0.25) is 0 Å². The third-order valence-corrected chi connectivity index (χ3v) is 3.52. The summed E-state index contributed by atoms with van der Waals surface area (Å²) in [5.41, 5.74) is 7.92. The van der Waals surface area contributed by atoms with Gasteiger partial charge in [-0.25, -0.2) is 4.39 Å². The van der Waals surface area contributed by atoms with Crippen molar-refractivity contribution in [3.63, 3.8) is 0 Å². The van der Waals surface area contributed by atoms with Gasteiger partial charge in [0.1, 0.15) is 5.82 Å². The predicted octanol–water partition coefficient (Wildman–Crippen LogP) is 4.00. The molecule has 1 unspecified atom stereocenters. The Kier molecular flexibility index (Phi) is 3.83. The first kappa shape index (κ1) is 13.2. The molecule has 0 spiro atoms. The molecule has 2 N–H and O–H groups in total. The summed E-state index contributed by atoms with van der Waals surface area (Å²) in [7, 11) is 0. The molecule has 1 nitrogen and oxygen atoms in total. The van der Waals surface area contributed by atoms with Crippen molar-refractivity contribution in [3.8, 4) is 0 Å². The Labute approximate surface area is 115 Å². The van der Waals surface area contributed by atoms with Gasteiger partial charge in [0, 0.05) is 10.0 Å². The van der Waals surface area contributed by atoms with Crippen LogP contribution < -0.4 is 5.73 Å². The standard InChI is InChI=1S/C15H15BrFN/c1-15(18,12-4-8-14(17)9-5-12)10-11-2-6-13(16)7-3-11/h2-9H,10,18H2,1H3. The number of benzene rings is 2. The molecule has 1 atom stereocenters. The van der Waals surface area contributed by atoms with Gasteiger partial charge in [0.25, 0.3) is 0 Å². The minimum atomic E-state index is -0.498. The van der Waals surface area contributed by atoms with Gasteiger partial charge in [-0.1, -0.05) is 40.2 Å². The molecule has 0 saturated carbocycles. The second-order valence-corrected chi connectivity index (χ2v) is 5.64. The van der Waals surface area contributed by atoms with E-state index in [2.05, 4.69) is 15.9 Å². The Morgan fingerprint density at radius 2 is 1.61 bits per heavy atom. The topological polar surface area (TPSA) is 26.0 Å². The van der Waals surface area contributed by atoms with Gasteiger partial charge < -0.3 is 5.73 Å². The van der Waals surface area contributed by atoms with Crippen molar-refractivity contribution in [2.24, 2.45) is 5.73 Å². The van der Waals surface area contributed by atoms with E-state index >= 15 is 0 Å². The summed E-state index contributed by atoms with van der Waals surface area (Å²) in [6.07, 6.45) is 0.714. The lowest BCUT2D eigenvalue weighted by Gasteiger charge is -2.25. The zero-order valence-electron chi connectivity index (χ0n) is 10.2. The van der Waals surface area contributed by atoms with E-state index in [0.29, 0.717) is 6.42 Å². The molecule has 3 heteroatoms. The van der Waals surface area contributed by atoms with Crippen LogP contribution in [0.2, 0.25) is 0 Å². The van der Waals surface area contributed by atoms with Crippen molar-refractivity contribution >= 4 is 15.9 Å². The van der Waals surface area contributed by atoms with E-state index in [0.717, 1.165) is 15.6 Å². The van der Waals surface area contributed by atoms with E-state index in [4.69, 9.17) is 5.73 Å². The van der Waals surface area contributed by atoms with Crippen LogP contribution in [-0.2, 0) is 12.0 Å². The molecule has 2 rings (SSSR count). The van der Waals surface area contributed by atoms with Crippen molar-refractivity contribution < 1.29 is 4.39 Å². The number of hydrogen-bond donors (Lipinski definition) is 1. The maximum absolute atomic E-state index is 12.9. The van der Waals surface area contributed by atoms with Crippen molar-refractivity contribution in [2.75, 3.05) is 0 Å². The van der Waals surface area contributed by atoms with E-state index in [1.807, 2.05) is 31.2 Å². The third kappa shape index (κ3) is 3.18. The Balaban J connectivity index is 2.20. The van der Waals surface area contributed by atoms with Gasteiger partial charge >= 0.3 is 0 Å². The van der Waals surface area contributed by atoms with E-state index in [1.54, 1.807) is 12.1 Å². The molecule has 2 aromatic carbocycles. The highest BCUT2D eigenvalue weighted by Gasteiger charge is 2.21. The number of hydrogen-bond acceptors (Lipinski definition) is 1. The first-order chi connectivity index (χ1) is 8.47. The molecule has 0 aliphatic carbocycles. The summed E-state index contributed by atoms with van der Waals surface area (Å²) in [5, 5.41) is 0. The zero-order chi connectivity index (χ0) is 13.2. The van der Waals surface area contributed by atoms with E-state index in [1.165, 1.54) is 12.1 Å². The molecule has 0 fully saturated rings. The quantitative estimate of drug-likeness (QED) is 0.911. The largest absolute Gasteiger partial charge is 0.321 e. The molecule has 0 heterocycles. The van der Waals surface area contributed by atoms with Gasteiger partial charge in [-0.2, -0.15) is 0 Å². The molecule has 0 aromatic heterocycles. The summed E-state index contributed by atoms with van der Waals surface area (Å²) < 4.78 is 13.9. The third-order valence-electron chi connectivity index (χ3n) is 2.99. The van der Waals surface area contributed by atoms with Crippen LogP contribution in [0.3, 0.4) is 0 Å². The first-order valence-electron chi connectivity index (χ1n) is 5.77. The van der Waals surface area contributed by atoms with Crippen molar-refractivity contribution in [3.05, 3.63) is 69.9 Å². The minimum absolute atomic E-state index is 0.238. The summed E-state index contributed by atoms with van der Waals surface area (Å²) in [6, 6.07) is 14.5. The van der Waals surface area contributed by atoms with Gasteiger partial charge in [-0.3, -0.25) is 0 Å². The van der Waals surface area contributed by atoms with Crippen LogP contribution in [0.4, 0.5) is 4.39 Å². The van der Waals surface area contributed by atoms with E-state index in [-0.39, 0.29) is 5.82 Å². The smallest absolute Gasteiger partial charge is 0.123 e. The molecular formula is C15H15BrFN. The Hall–Kier alpha value is -1.19. The number of rotatable bonds is 3. The highest BCUT2D eigenvalue weighted by molar-refractivity contribution is 9.10. The Bertz CT molecular complexity index is 517. The molecule has 94 valence electrons. The SMILES string of the molecule is CC(N)(Cc1ccc(Br)cc1)c1ccc(F)cc1. The van der Waals surface area contributed by atoms with Gasteiger partial charge in [0.15, 0.2) is 0 Å². The van der Waals surface area contributed by atoms with E-state index in [9.17, 15) is 4.39 Å². The second kappa shape index (κ2) is 5.21. The minimum Gasteiger partial charge on any atom is -0.321 e. The average molecular weight is 308 g/mol. The van der Waals surface area contributed by atoms with Crippen molar-refractivity contribution in [1.29, 1.82) is 0 Å². The average Bonchev–Trinajstić information content (AvgIpc) is 2.32. The van der Waals surface area contributed by atoms with E-state index < -0.39 is 5.54 Å². The zero-order valence-corrected chi connectivity index (χ0v) is 11.7. The fourth-order valence-electron chi connectivity index (χ4n) is 1.96. The number of nitrogens with two attached hydrogens (primary N) is 1. The molecule has 0 amide bonds. The van der Waals surface area contributed by atoms with Crippen molar-refractivity contribution in [1.82, 2.24) is 0 Å². The summed E-state index contributed by atoms with van der Waals surface area (Å²) in [6.45, 7) is 1.96. The van der Waals surface area contributed by atoms with Crippen LogP contribution in [0.1, 0.15) is 18.1 Å². The molecule has 18 heavy (non-hydrogen) atoms. The molecule has 2 aromatic rings. The van der Waals surface area contributed by atoms with Crippen LogP contribution in [0, 0.1) is 5.82 Å². The lowest BCUT2D eigenvalue weighted by atomic mass is 9.87. The lowest BCUT2D eigenvalue weighted by Crippen LogP contribution is -2.35. The maximum Gasteiger partial charge on any atom is 0.123 e. The van der Waals surface area contributed by atoms with Gasteiger partial charge in [-0.15, -0.1) is 0 Å². The highest BCUT2D eigenvalue weighted by atomic mass is 79.9. The molecule has 0 radical (unpaired) electrons. The summed E-state index contributed by atoms with van der Waals surface area (Å²) >= 11 is 3.41. The van der Waals surface area contributed by atoms with Crippen LogP contribution in [-0.4, -0.2) is 0 Å².